The van der Waals surface area contributed by atoms with Crippen molar-refractivity contribution in [2.45, 2.75) is 50.4 Å². The minimum absolute atomic E-state index is 0.0912. The first-order valence-electron chi connectivity index (χ1n) is 9.03. The molecule has 3 N–H and O–H groups in total. The molecule has 1 amide bonds. The Morgan fingerprint density at radius 1 is 1.12 bits per heavy atom. The maximum absolute atomic E-state index is 12.3. The topological polar surface area (TPSA) is 71.2 Å². The van der Waals surface area contributed by atoms with E-state index in [0.29, 0.717) is 30.2 Å². The third-order valence-electron chi connectivity index (χ3n) is 5.34. The first-order chi connectivity index (χ1) is 12.2. The van der Waals surface area contributed by atoms with Crippen LogP contribution in [0.15, 0.2) is 48.7 Å². The number of nitrogens with one attached hydrogen (secondary N) is 1. The fourth-order valence-electron chi connectivity index (χ4n) is 4.15. The van der Waals surface area contributed by atoms with Crippen LogP contribution >= 0.6 is 0 Å². The summed E-state index contributed by atoms with van der Waals surface area (Å²) in [7, 11) is 0. The van der Waals surface area contributed by atoms with E-state index in [-0.39, 0.29) is 5.91 Å². The molecule has 0 aliphatic carbocycles. The summed E-state index contributed by atoms with van der Waals surface area (Å²) in [6, 6.07) is 15.1. The van der Waals surface area contributed by atoms with Crippen molar-refractivity contribution >= 4 is 11.7 Å². The second-order valence-electron chi connectivity index (χ2n) is 7.10. The molecule has 2 fully saturated rings. The van der Waals surface area contributed by atoms with Gasteiger partial charge in [0, 0.05) is 30.9 Å². The van der Waals surface area contributed by atoms with Crippen LogP contribution in [0.25, 0.3) is 0 Å². The zero-order valence-electron chi connectivity index (χ0n) is 14.3. The number of nitrogens with zero attached hydrogens (tertiary/aromatic N) is 2. The normalized spacial score (nSPS) is 25.0. The minimum Gasteiger partial charge on any atom is -0.351 e. The number of benzene rings is 1. The Bertz CT molecular complexity index is 717. The number of anilines is 1. The van der Waals surface area contributed by atoms with Gasteiger partial charge in [0.25, 0.3) is 5.91 Å². The van der Waals surface area contributed by atoms with E-state index in [1.165, 1.54) is 12.8 Å². The summed E-state index contributed by atoms with van der Waals surface area (Å²) in [5.74, 6) is 0.880. The number of fused-ring (bicyclic) bond motifs is 2. The molecule has 2 aromatic rings. The number of pyridine rings is 1. The molecule has 1 aromatic carbocycles. The molecule has 5 nitrogen and oxygen atoms in total. The lowest BCUT2D eigenvalue weighted by Crippen LogP contribution is -2.47. The molecule has 3 atom stereocenters. The van der Waals surface area contributed by atoms with Crippen molar-refractivity contribution in [1.82, 2.24) is 10.3 Å². The summed E-state index contributed by atoms with van der Waals surface area (Å²) in [6.45, 7) is 0.523. The molecule has 5 heteroatoms. The fourth-order valence-corrected chi connectivity index (χ4v) is 4.15. The number of amides is 1. The zero-order valence-corrected chi connectivity index (χ0v) is 14.3. The quantitative estimate of drug-likeness (QED) is 0.900. The number of carbonyl (C=O) groups is 1. The van der Waals surface area contributed by atoms with E-state index in [1.807, 2.05) is 42.5 Å². The van der Waals surface area contributed by atoms with Gasteiger partial charge in [-0.15, -0.1) is 0 Å². The molecule has 0 radical (unpaired) electrons. The summed E-state index contributed by atoms with van der Waals surface area (Å²) in [5, 5.41) is 2.94. The molecule has 25 heavy (non-hydrogen) atoms. The molecule has 0 saturated carbocycles. The van der Waals surface area contributed by atoms with Gasteiger partial charge in [-0.1, -0.05) is 30.3 Å². The highest BCUT2D eigenvalue weighted by Gasteiger charge is 2.40. The highest BCUT2D eigenvalue weighted by Crippen LogP contribution is 2.37. The molecule has 0 spiro atoms. The maximum Gasteiger partial charge on any atom is 0.253 e. The van der Waals surface area contributed by atoms with Crippen molar-refractivity contribution in [2.24, 2.45) is 5.73 Å². The fraction of sp³-hybridized carbons (Fsp3) is 0.400. The second-order valence-corrected chi connectivity index (χ2v) is 7.10. The summed E-state index contributed by atoms with van der Waals surface area (Å²) in [5.41, 5.74) is 7.82. The van der Waals surface area contributed by atoms with E-state index < -0.39 is 0 Å². The minimum atomic E-state index is -0.0912. The first-order valence-corrected chi connectivity index (χ1v) is 9.03. The first kappa shape index (κ1) is 16.1. The number of aromatic nitrogens is 1. The molecule has 2 saturated heterocycles. The van der Waals surface area contributed by atoms with Gasteiger partial charge in [-0.2, -0.15) is 0 Å². The van der Waals surface area contributed by atoms with Gasteiger partial charge in [-0.05, 0) is 43.4 Å². The lowest BCUT2D eigenvalue weighted by Gasteiger charge is -2.38. The van der Waals surface area contributed by atoms with E-state index in [0.717, 1.165) is 24.2 Å². The van der Waals surface area contributed by atoms with Gasteiger partial charge in [0.05, 0.1) is 5.56 Å². The average molecular weight is 336 g/mol. The van der Waals surface area contributed by atoms with Gasteiger partial charge in [0.2, 0.25) is 0 Å². The Labute approximate surface area is 148 Å². The van der Waals surface area contributed by atoms with Crippen molar-refractivity contribution in [3.05, 3.63) is 59.8 Å². The van der Waals surface area contributed by atoms with E-state index in [9.17, 15) is 4.79 Å². The molecule has 3 heterocycles. The molecule has 4 rings (SSSR count). The van der Waals surface area contributed by atoms with Crippen molar-refractivity contribution in [3.63, 3.8) is 0 Å². The Hall–Kier alpha value is -2.40. The van der Waals surface area contributed by atoms with Gasteiger partial charge in [-0.3, -0.25) is 4.79 Å². The Kier molecular flexibility index (Phi) is 4.40. The highest BCUT2D eigenvalue weighted by atomic mass is 16.1. The summed E-state index contributed by atoms with van der Waals surface area (Å²) in [4.78, 5) is 19.3. The SMILES string of the molecule is NC1C[C@H]2CC[C@@H](C1)N2c1ccc(C(=O)NCc2ccccc2)cn1. The molecule has 2 aliphatic heterocycles. The van der Waals surface area contributed by atoms with Crippen LogP contribution < -0.4 is 16.0 Å². The van der Waals surface area contributed by atoms with Crippen LogP contribution in [-0.4, -0.2) is 29.0 Å². The van der Waals surface area contributed by atoms with Gasteiger partial charge < -0.3 is 16.0 Å². The Morgan fingerprint density at radius 3 is 2.48 bits per heavy atom. The number of nitrogens with two attached hydrogens (primary N) is 1. The van der Waals surface area contributed by atoms with Gasteiger partial charge in [-0.25, -0.2) is 4.98 Å². The number of rotatable bonds is 4. The van der Waals surface area contributed by atoms with Crippen LogP contribution in [0, 0.1) is 0 Å². The van der Waals surface area contributed by atoms with E-state index in [2.05, 4.69) is 15.2 Å². The van der Waals surface area contributed by atoms with Crippen molar-refractivity contribution < 1.29 is 4.79 Å². The van der Waals surface area contributed by atoms with Crippen LogP contribution in [0.3, 0.4) is 0 Å². The van der Waals surface area contributed by atoms with Gasteiger partial charge in [0.15, 0.2) is 0 Å². The average Bonchev–Trinajstić information content (AvgIpc) is 2.92. The summed E-state index contributed by atoms with van der Waals surface area (Å²) in [6.07, 6.45) is 6.15. The second kappa shape index (κ2) is 6.84. The summed E-state index contributed by atoms with van der Waals surface area (Å²) < 4.78 is 0. The number of carbonyl (C=O) groups excluding carboxylic acids is 1. The predicted octanol–water partition coefficient (Wildman–Crippen LogP) is 2.47. The molecule has 130 valence electrons. The molecule has 1 unspecified atom stereocenters. The molecular weight excluding hydrogens is 312 g/mol. The number of hydrogen-bond acceptors (Lipinski definition) is 4. The van der Waals surface area contributed by atoms with E-state index in [4.69, 9.17) is 5.73 Å². The van der Waals surface area contributed by atoms with Crippen molar-refractivity contribution in [3.8, 4) is 0 Å². The van der Waals surface area contributed by atoms with Crippen LogP contribution in [0.2, 0.25) is 0 Å². The van der Waals surface area contributed by atoms with Gasteiger partial charge in [0.1, 0.15) is 5.82 Å². The monoisotopic (exact) mass is 336 g/mol. The third-order valence-corrected chi connectivity index (χ3v) is 5.34. The molecule has 2 bridgehead atoms. The molecular formula is C20H24N4O. The lowest BCUT2D eigenvalue weighted by atomic mass is 9.98. The third kappa shape index (κ3) is 3.37. The highest BCUT2D eigenvalue weighted by molar-refractivity contribution is 5.94. The van der Waals surface area contributed by atoms with Crippen LogP contribution in [-0.2, 0) is 6.54 Å². The van der Waals surface area contributed by atoms with Crippen LogP contribution in [0.1, 0.15) is 41.6 Å². The Morgan fingerprint density at radius 2 is 1.84 bits per heavy atom. The van der Waals surface area contributed by atoms with Crippen molar-refractivity contribution in [2.75, 3.05) is 4.90 Å². The molecule has 2 aliphatic rings. The smallest absolute Gasteiger partial charge is 0.253 e. The van der Waals surface area contributed by atoms with Gasteiger partial charge >= 0.3 is 0 Å². The van der Waals surface area contributed by atoms with E-state index in [1.54, 1.807) is 6.20 Å². The molecule has 1 aromatic heterocycles. The van der Waals surface area contributed by atoms with Crippen molar-refractivity contribution in [1.29, 1.82) is 0 Å². The summed E-state index contributed by atoms with van der Waals surface area (Å²) >= 11 is 0. The van der Waals surface area contributed by atoms with E-state index >= 15 is 0 Å². The standard InChI is InChI=1S/C20H24N4O/c21-16-10-17-7-8-18(11-16)24(17)19-9-6-15(13-22-19)20(25)23-12-14-4-2-1-3-5-14/h1-6,9,13,16-18H,7-8,10-12,21H2,(H,23,25)/t16?,17-,18+. The van der Waals surface area contributed by atoms with Crippen LogP contribution in [0.5, 0.6) is 0 Å². The zero-order chi connectivity index (χ0) is 17.2. The maximum atomic E-state index is 12.3. The number of piperidine rings is 1. The van der Waals surface area contributed by atoms with Crippen LogP contribution in [0.4, 0.5) is 5.82 Å². The number of hydrogen-bond donors (Lipinski definition) is 2. The lowest BCUT2D eigenvalue weighted by molar-refractivity contribution is 0.0950. The predicted molar refractivity (Wildman–Crippen MR) is 98.3 cm³/mol. The Balaban J connectivity index is 1.41. The largest absolute Gasteiger partial charge is 0.351 e.